The Hall–Kier alpha value is -1.33. The molecule has 0 radical (unpaired) electrons. The molecule has 0 bridgehead atoms. The minimum absolute atomic E-state index is 0.0835. The SMILES string of the molecule is Cc1ccc(NCC(=O)Nc2ccc(Br)cc2)c(Br)c1. The van der Waals surface area contributed by atoms with Crippen molar-refractivity contribution in [1.29, 1.82) is 0 Å². The average Bonchev–Trinajstić information content (AvgIpc) is 2.40. The molecule has 0 spiro atoms. The van der Waals surface area contributed by atoms with E-state index in [1.807, 2.05) is 49.4 Å². The van der Waals surface area contributed by atoms with E-state index in [2.05, 4.69) is 42.5 Å². The monoisotopic (exact) mass is 396 g/mol. The van der Waals surface area contributed by atoms with Crippen LogP contribution in [0.1, 0.15) is 5.56 Å². The number of hydrogen-bond donors (Lipinski definition) is 2. The second-order valence-electron chi connectivity index (χ2n) is 4.39. The summed E-state index contributed by atoms with van der Waals surface area (Å²) in [5.41, 5.74) is 2.85. The smallest absolute Gasteiger partial charge is 0.243 e. The minimum atomic E-state index is -0.0835. The number of halogens is 2. The van der Waals surface area contributed by atoms with Crippen molar-refractivity contribution in [3.05, 3.63) is 57.0 Å². The molecule has 0 aliphatic heterocycles. The summed E-state index contributed by atoms with van der Waals surface area (Å²) in [6.07, 6.45) is 0. The highest BCUT2D eigenvalue weighted by atomic mass is 79.9. The molecule has 3 nitrogen and oxygen atoms in total. The summed E-state index contributed by atoms with van der Waals surface area (Å²) >= 11 is 6.83. The first-order valence-corrected chi connectivity index (χ1v) is 7.68. The van der Waals surface area contributed by atoms with E-state index in [1.54, 1.807) is 0 Å². The lowest BCUT2D eigenvalue weighted by atomic mass is 10.2. The van der Waals surface area contributed by atoms with Crippen LogP contribution >= 0.6 is 31.9 Å². The highest BCUT2D eigenvalue weighted by molar-refractivity contribution is 9.10. The van der Waals surface area contributed by atoms with Crippen LogP contribution in [-0.2, 0) is 4.79 Å². The van der Waals surface area contributed by atoms with Gasteiger partial charge in [-0.3, -0.25) is 4.79 Å². The van der Waals surface area contributed by atoms with Gasteiger partial charge < -0.3 is 10.6 Å². The van der Waals surface area contributed by atoms with Gasteiger partial charge in [0.2, 0.25) is 5.91 Å². The summed E-state index contributed by atoms with van der Waals surface area (Å²) in [7, 11) is 0. The van der Waals surface area contributed by atoms with Gasteiger partial charge in [-0.15, -0.1) is 0 Å². The molecule has 0 aliphatic rings. The molecule has 0 aliphatic carbocycles. The maximum Gasteiger partial charge on any atom is 0.243 e. The minimum Gasteiger partial charge on any atom is -0.375 e. The molecule has 1 amide bonds. The van der Waals surface area contributed by atoms with Crippen molar-refractivity contribution in [3.63, 3.8) is 0 Å². The Morgan fingerprint density at radius 1 is 1.10 bits per heavy atom. The lowest BCUT2D eigenvalue weighted by molar-refractivity contribution is -0.114. The van der Waals surface area contributed by atoms with Crippen LogP contribution in [0, 0.1) is 6.92 Å². The van der Waals surface area contributed by atoms with Gasteiger partial charge in [0.05, 0.1) is 6.54 Å². The fourth-order valence-corrected chi connectivity index (χ4v) is 2.58. The zero-order chi connectivity index (χ0) is 14.5. The molecular weight excluding hydrogens is 384 g/mol. The normalized spacial score (nSPS) is 10.2. The summed E-state index contributed by atoms with van der Waals surface area (Å²) in [6.45, 7) is 2.24. The van der Waals surface area contributed by atoms with Crippen LogP contribution < -0.4 is 10.6 Å². The van der Waals surface area contributed by atoms with Gasteiger partial charge in [-0.05, 0) is 64.8 Å². The van der Waals surface area contributed by atoms with E-state index in [4.69, 9.17) is 0 Å². The zero-order valence-electron chi connectivity index (χ0n) is 10.9. The van der Waals surface area contributed by atoms with Gasteiger partial charge in [0, 0.05) is 20.3 Å². The highest BCUT2D eigenvalue weighted by Gasteiger charge is 2.04. The van der Waals surface area contributed by atoms with Gasteiger partial charge >= 0.3 is 0 Å². The Balaban J connectivity index is 1.90. The molecule has 2 rings (SSSR count). The number of aryl methyl sites for hydroxylation is 1. The Labute approximate surface area is 135 Å². The molecule has 0 unspecified atom stereocenters. The highest BCUT2D eigenvalue weighted by Crippen LogP contribution is 2.23. The Bertz CT molecular complexity index is 612. The van der Waals surface area contributed by atoms with Crippen LogP contribution in [0.25, 0.3) is 0 Å². The summed E-state index contributed by atoms with van der Waals surface area (Å²) in [5.74, 6) is -0.0835. The fraction of sp³-hybridized carbons (Fsp3) is 0.133. The predicted molar refractivity (Wildman–Crippen MR) is 90.1 cm³/mol. The number of carbonyl (C=O) groups excluding carboxylic acids is 1. The molecule has 0 saturated carbocycles. The topological polar surface area (TPSA) is 41.1 Å². The molecule has 0 heterocycles. The lowest BCUT2D eigenvalue weighted by Gasteiger charge is -2.10. The summed E-state index contributed by atoms with van der Waals surface area (Å²) in [6, 6.07) is 13.4. The van der Waals surface area contributed by atoms with Crippen molar-refractivity contribution in [1.82, 2.24) is 0 Å². The first kappa shape index (κ1) is 15.1. The number of rotatable bonds is 4. The number of amides is 1. The molecule has 2 N–H and O–H groups in total. The van der Waals surface area contributed by atoms with Crippen molar-refractivity contribution in [2.75, 3.05) is 17.2 Å². The van der Waals surface area contributed by atoms with Gasteiger partial charge in [-0.25, -0.2) is 0 Å². The summed E-state index contributed by atoms with van der Waals surface area (Å²) < 4.78 is 1.94. The van der Waals surface area contributed by atoms with Crippen molar-refractivity contribution in [2.45, 2.75) is 6.92 Å². The third-order valence-electron chi connectivity index (χ3n) is 2.69. The molecule has 2 aromatic rings. The standard InChI is InChI=1S/C15H14Br2N2O/c1-10-2-7-14(13(17)8-10)18-9-15(20)19-12-5-3-11(16)4-6-12/h2-8,18H,9H2,1H3,(H,19,20). The number of carbonyl (C=O) groups is 1. The number of hydrogen-bond acceptors (Lipinski definition) is 2. The van der Waals surface area contributed by atoms with Gasteiger partial charge in [0.25, 0.3) is 0 Å². The third kappa shape index (κ3) is 4.35. The van der Waals surface area contributed by atoms with Crippen LogP contribution in [-0.4, -0.2) is 12.5 Å². The lowest BCUT2D eigenvalue weighted by Crippen LogP contribution is -2.21. The second-order valence-corrected chi connectivity index (χ2v) is 6.16. The molecule has 0 saturated heterocycles. The van der Waals surface area contributed by atoms with Crippen LogP contribution in [0.4, 0.5) is 11.4 Å². The molecule has 5 heteroatoms. The number of anilines is 2. The largest absolute Gasteiger partial charge is 0.375 e. The van der Waals surface area contributed by atoms with Gasteiger partial charge in [-0.1, -0.05) is 22.0 Å². The first-order chi connectivity index (χ1) is 9.54. The molecule has 0 fully saturated rings. The molecular formula is C15H14Br2N2O. The van der Waals surface area contributed by atoms with E-state index in [0.717, 1.165) is 20.3 Å². The molecule has 0 atom stereocenters. The van der Waals surface area contributed by atoms with Crippen LogP contribution in [0.15, 0.2) is 51.4 Å². The van der Waals surface area contributed by atoms with Crippen molar-refractivity contribution in [3.8, 4) is 0 Å². The first-order valence-electron chi connectivity index (χ1n) is 6.10. The summed E-state index contributed by atoms with van der Waals surface area (Å²) in [4.78, 5) is 11.8. The van der Waals surface area contributed by atoms with E-state index in [-0.39, 0.29) is 12.5 Å². The zero-order valence-corrected chi connectivity index (χ0v) is 14.1. The number of nitrogens with one attached hydrogen (secondary N) is 2. The Morgan fingerprint density at radius 2 is 1.80 bits per heavy atom. The van der Waals surface area contributed by atoms with Crippen LogP contribution in [0.2, 0.25) is 0 Å². The van der Waals surface area contributed by atoms with E-state index >= 15 is 0 Å². The Kier molecular flexibility index (Phi) is 5.20. The van der Waals surface area contributed by atoms with Gasteiger partial charge in [0.15, 0.2) is 0 Å². The van der Waals surface area contributed by atoms with E-state index < -0.39 is 0 Å². The molecule has 104 valence electrons. The number of benzene rings is 2. The quantitative estimate of drug-likeness (QED) is 0.793. The molecule has 2 aromatic carbocycles. The third-order valence-corrected chi connectivity index (χ3v) is 3.88. The van der Waals surface area contributed by atoms with E-state index in [1.165, 1.54) is 5.56 Å². The maximum atomic E-state index is 11.8. The van der Waals surface area contributed by atoms with Crippen molar-refractivity contribution < 1.29 is 4.79 Å². The fourth-order valence-electron chi connectivity index (χ4n) is 1.68. The maximum absolute atomic E-state index is 11.8. The second kappa shape index (κ2) is 6.90. The average molecular weight is 398 g/mol. The van der Waals surface area contributed by atoms with Crippen molar-refractivity contribution in [2.24, 2.45) is 0 Å². The predicted octanol–water partition coefficient (Wildman–Crippen LogP) is 4.57. The van der Waals surface area contributed by atoms with Gasteiger partial charge in [0.1, 0.15) is 0 Å². The Morgan fingerprint density at radius 3 is 2.45 bits per heavy atom. The van der Waals surface area contributed by atoms with Gasteiger partial charge in [-0.2, -0.15) is 0 Å². The van der Waals surface area contributed by atoms with E-state index in [9.17, 15) is 4.79 Å². The van der Waals surface area contributed by atoms with Crippen LogP contribution in [0.3, 0.4) is 0 Å². The molecule has 0 aromatic heterocycles. The molecule has 20 heavy (non-hydrogen) atoms. The summed E-state index contributed by atoms with van der Waals surface area (Å²) in [5, 5.41) is 5.94. The van der Waals surface area contributed by atoms with Crippen LogP contribution in [0.5, 0.6) is 0 Å². The van der Waals surface area contributed by atoms with E-state index in [0.29, 0.717) is 0 Å². The van der Waals surface area contributed by atoms with Crippen molar-refractivity contribution >= 4 is 49.1 Å².